The van der Waals surface area contributed by atoms with Crippen molar-refractivity contribution in [1.29, 1.82) is 0 Å². The number of ether oxygens (including phenoxy) is 2. The number of benzene rings is 2. The van der Waals surface area contributed by atoms with Crippen molar-refractivity contribution in [3.8, 4) is 17.2 Å². The molecule has 0 aliphatic carbocycles. The van der Waals surface area contributed by atoms with E-state index in [0.717, 1.165) is 0 Å². The molecule has 2 aromatic heterocycles. The molecule has 2 heterocycles. The second kappa shape index (κ2) is 10.1. The maximum atomic E-state index is 12.7. The van der Waals surface area contributed by atoms with E-state index in [1.54, 1.807) is 57.1 Å². The van der Waals surface area contributed by atoms with Crippen LogP contribution >= 0.6 is 18.7 Å². The summed E-state index contributed by atoms with van der Waals surface area (Å²) in [4.78, 5) is 12.8. The highest BCUT2D eigenvalue weighted by atomic mass is 35.5. The highest BCUT2D eigenvalue weighted by Crippen LogP contribution is 2.39. The molecule has 8 nitrogen and oxygen atoms in total. The predicted molar refractivity (Wildman–Crippen MR) is 136 cm³/mol. The molecule has 0 amide bonds. The van der Waals surface area contributed by atoms with E-state index >= 15 is 0 Å². The van der Waals surface area contributed by atoms with E-state index < -0.39 is 7.14 Å². The molecule has 0 saturated carbocycles. The summed E-state index contributed by atoms with van der Waals surface area (Å²) in [6.07, 6.45) is 4.80. The SMILES string of the molecule is COc1cc(Oc2cccnc2)ccc1Nc1ncc(Cl)c(Nc2ccccc2P(C)(C)=O)n1. The van der Waals surface area contributed by atoms with Crippen molar-refractivity contribution in [3.63, 3.8) is 0 Å². The molecular weight excluding hydrogens is 473 g/mol. The molecule has 0 aliphatic heterocycles. The van der Waals surface area contributed by atoms with Gasteiger partial charge in [0.15, 0.2) is 5.82 Å². The third-order valence-corrected chi connectivity index (χ3v) is 6.60. The van der Waals surface area contributed by atoms with Crippen LogP contribution in [0.25, 0.3) is 0 Å². The van der Waals surface area contributed by atoms with Crippen molar-refractivity contribution in [2.24, 2.45) is 0 Å². The van der Waals surface area contributed by atoms with E-state index in [-0.39, 0.29) is 0 Å². The fraction of sp³-hybridized carbons (Fsp3) is 0.125. The van der Waals surface area contributed by atoms with Crippen LogP contribution in [0.2, 0.25) is 5.02 Å². The smallest absolute Gasteiger partial charge is 0.229 e. The Morgan fingerprint density at radius 2 is 1.76 bits per heavy atom. The van der Waals surface area contributed by atoms with Gasteiger partial charge in [-0.3, -0.25) is 4.98 Å². The van der Waals surface area contributed by atoms with Crippen LogP contribution in [0.1, 0.15) is 0 Å². The monoisotopic (exact) mass is 495 g/mol. The van der Waals surface area contributed by atoms with Crippen LogP contribution in [-0.2, 0) is 4.57 Å². The van der Waals surface area contributed by atoms with Crippen LogP contribution in [-0.4, -0.2) is 35.4 Å². The van der Waals surface area contributed by atoms with Gasteiger partial charge in [-0.05, 0) is 49.7 Å². The Bertz CT molecular complexity index is 1350. The number of nitrogens with zero attached hydrogens (tertiary/aromatic N) is 3. The van der Waals surface area contributed by atoms with Gasteiger partial charge in [0.2, 0.25) is 5.95 Å². The normalized spacial score (nSPS) is 11.1. The first kappa shape index (κ1) is 23.5. The Kier molecular flexibility index (Phi) is 7.01. The lowest BCUT2D eigenvalue weighted by atomic mass is 10.2. The number of hydrogen-bond donors (Lipinski definition) is 2. The standard InChI is InChI=1S/C24H23ClN5O3P/c1-32-21-13-16(33-17-7-6-12-26-14-17)10-11-19(21)29-24-27-15-18(25)23(30-24)28-20-8-4-5-9-22(20)34(2,3)31/h4-15H,1-3H3,(H2,27,28,29,30). The molecule has 0 fully saturated rings. The quantitative estimate of drug-likeness (QED) is 0.284. The van der Waals surface area contributed by atoms with Gasteiger partial charge in [0.1, 0.15) is 29.4 Å². The molecule has 174 valence electrons. The maximum Gasteiger partial charge on any atom is 0.229 e. The number of para-hydroxylation sites is 1. The van der Waals surface area contributed by atoms with E-state index in [2.05, 4.69) is 25.6 Å². The zero-order valence-corrected chi connectivity index (χ0v) is 20.5. The zero-order valence-electron chi connectivity index (χ0n) is 18.8. The topological polar surface area (TPSA) is 98.3 Å². The maximum absolute atomic E-state index is 12.7. The molecule has 2 N–H and O–H groups in total. The first-order valence-electron chi connectivity index (χ1n) is 10.3. The van der Waals surface area contributed by atoms with Crippen LogP contribution < -0.4 is 25.4 Å². The number of rotatable bonds is 8. The first-order chi connectivity index (χ1) is 16.3. The lowest BCUT2D eigenvalue weighted by molar-refractivity contribution is 0.411. The molecule has 34 heavy (non-hydrogen) atoms. The van der Waals surface area contributed by atoms with E-state index in [4.69, 9.17) is 21.1 Å². The molecule has 0 radical (unpaired) electrons. The van der Waals surface area contributed by atoms with Crippen molar-refractivity contribution < 1.29 is 14.0 Å². The number of pyridine rings is 1. The van der Waals surface area contributed by atoms with Crippen LogP contribution in [0, 0.1) is 0 Å². The summed E-state index contributed by atoms with van der Waals surface area (Å²) in [6, 6.07) is 16.3. The highest BCUT2D eigenvalue weighted by Gasteiger charge is 2.17. The number of nitrogens with one attached hydrogen (secondary N) is 2. The van der Waals surface area contributed by atoms with Crippen LogP contribution in [0.15, 0.2) is 73.2 Å². The van der Waals surface area contributed by atoms with Crippen molar-refractivity contribution in [3.05, 3.63) is 78.2 Å². The van der Waals surface area contributed by atoms with Gasteiger partial charge in [0.25, 0.3) is 0 Å². The molecule has 10 heteroatoms. The molecule has 0 spiro atoms. The fourth-order valence-electron chi connectivity index (χ4n) is 3.19. The summed E-state index contributed by atoms with van der Waals surface area (Å²) in [7, 11) is -0.948. The molecule has 0 atom stereocenters. The van der Waals surface area contributed by atoms with Gasteiger partial charge in [-0.25, -0.2) is 4.98 Å². The molecule has 4 aromatic rings. The molecular formula is C24H23ClN5O3P. The largest absolute Gasteiger partial charge is 0.494 e. The highest BCUT2D eigenvalue weighted by molar-refractivity contribution is 7.70. The lowest BCUT2D eigenvalue weighted by Gasteiger charge is -2.16. The van der Waals surface area contributed by atoms with Crippen molar-refractivity contribution in [1.82, 2.24) is 15.0 Å². The van der Waals surface area contributed by atoms with Crippen molar-refractivity contribution in [2.45, 2.75) is 0 Å². The molecule has 0 bridgehead atoms. The Labute approximate surface area is 202 Å². The summed E-state index contributed by atoms with van der Waals surface area (Å²) >= 11 is 6.34. The van der Waals surface area contributed by atoms with Crippen LogP contribution in [0.4, 0.5) is 23.1 Å². The van der Waals surface area contributed by atoms with Crippen molar-refractivity contribution >= 4 is 47.2 Å². The lowest BCUT2D eigenvalue weighted by Crippen LogP contribution is -2.11. The number of halogens is 1. The number of hydrogen-bond acceptors (Lipinski definition) is 8. The zero-order chi connectivity index (χ0) is 24.1. The van der Waals surface area contributed by atoms with Gasteiger partial charge in [0, 0.05) is 17.6 Å². The second-order valence-electron chi connectivity index (χ2n) is 7.66. The van der Waals surface area contributed by atoms with Gasteiger partial charge in [-0.2, -0.15) is 4.98 Å². The second-order valence-corrected chi connectivity index (χ2v) is 11.3. The Balaban J connectivity index is 1.58. The minimum atomic E-state index is -2.51. The third kappa shape index (κ3) is 5.65. The summed E-state index contributed by atoms with van der Waals surface area (Å²) in [6.45, 7) is 3.44. The Hall–Kier alpha value is -3.61. The van der Waals surface area contributed by atoms with Gasteiger partial charge < -0.3 is 24.7 Å². The van der Waals surface area contributed by atoms with Gasteiger partial charge in [0.05, 0.1) is 30.9 Å². The number of methoxy groups -OCH3 is 1. The fourth-order valence-corrected chi connectivity index (χ4v) is 4.49. The third-order valence-electron chi connectivity index (χ3n) is 4.77. The minimum absolute atomic E-state index is 0.305. The Morgan fingerprint density at radius 3 is 2.50 bits per heavy atom. The van der Waals surface area contributed by atoms with Crippen LogP contribution in [0.3, 0.4) is 0 Å². The molecule has 0 saturated heterocycles. The average Bonchev–Trinajstić information content (AvgIpc) is 2.82. The van der Waals surface area contributed by atoms with Crippen molar-refractivity contribution in [2.75, 3.05) is 31.1 Å². The molecule has 0 unspecified atom stereocenters. The number of anilines is 4. The molecule has 0 aliphatic rings. The summed E-state index contributed by atoms with van der Waals surface area (Å²) in [5.74, 6) is 2.44. The molecule has 2 aromatic carbocycles. The summed E-state index contributed by atoms with van der Waals surface area (Å²) in [5.41, 5.74) is 1.32. The van der Waals surface area contributed by atoms with E-state index in [9.17, 15) is 4.57 Å². The number of aromatic nitrogens is 3. The van der Waals surface area contributed by atoms with E-state index in [1.807, 2.05) is 30.3 Å². The van der Waals surface area contributed by atoms with E-state index in [1.165, 1.54) is 6.20 Å². The van der Waals surface area contributed by atoms with E-state index in [0.29, 0.717) is 50.7 Å². The minimum Gasteiger partial charge on any atom is -0.494 e. The van der Waals surface area contributed by atoms with Gasteiger partial charge in [-0.15, -0.1) is 0 Å². The summed E-state index contributed by atoms with van der Waals surface area (Å²) < 4.78 is 24.0. The predicted octanol–water partition coefficient (Wildman–Crippen LogP) is 6.06. The first-order valence-corrected chi connectivity index (χ1v) is 13.3. The van der Waals surface area contributed by atoms with Gasteiger partial charge in [-0.1, -0.05) is 23.7 Å². The average molecular weight is 496 g/mol. The molecule has 4 rings (SSSR count). The summed E-state index contributed by atoms with van der Waals surface area (Å²) in [5, 5.41) is 7.37. The van der Waals surface area contributed by atoms with Crippen LogP contribution in [0.5, 0.6) is 17.2 Å². The Morgan fingerprint density at radius 1 is 0.941 bits per heavy atom. The van der Waals surface area contributed by atoms with Gasteiger partial charge >= 0.3 is 0 Å².